The van der Waals surface area contributed by atoms with Gasteiger partial charge in [0.15, 0.2) is 0 Å². The molecular weight excluding hydrogens is 488 g/mol. The quantitative estimate of drug-likeness (QED) is 0.122. The first-order chi connectivity index (χ1) is 19.1. The maximum absolute atomic E-state index is 11.5. The number of hydrogen-bond donors (Lipinski definition) is 2. The summed E-state index contributed by atoms with van der Waals surface area (Å²) < 4.78 is 2.00. The molecule has 0 unspecified atom stereocenters. The highest BCUT2D eigenvalue weighted by Gasteiger charge is 2.38. The van der Waals surface area contributed by atoms with Gasteiger partial charge in [-0.15, -0.1) is 0 Å². The number of imidazole rings is 1. The van der Waals surface area contributed by atoms with Gasteiger partial charge in [-0.2, -0.15) is 0 Å². The number of hydrogen-bond acceptors (Lipinski definition) is 4. The van der Waals surface area contributed by atoms with Crippen molar-refractivity contribution in [3.05, 3.63) is 136 Å². The molecule has 3 N–H and O–H groups in total. The fourth-order valence-electron chi connectivity index (χ4n) is 5.21. The molecule has 0 radical (unpaired) electrons. The first-order valence-electron chi connectivity index (χ1n) is 13.3. The van der Waals surface area contributed by atoms with Gasteiger partial charge in [0.05, 0.1) is 12.0 Å². The fourth-order valence-corrected chi connectivity index (χ4v) is 5.21. The summed E-state index contributed by atoms with van der Waals surface area (Å²) in [4.78, 5) is 18.6. The highest BCUT2D eigenvalue weighted by Crippen LogP contribution is 2.40. The molecule has 0 amide bonds. The van der Waals surface area contributed by atoms with Crippen LogP contribution in [0.1, 0.15) is 54.5 Å². The van der Waals surface area contributed by atoms with Gasteiger partial charge < -0.3 is 15.4 Å². The number of carboxylic acids is 1. The van der Waals surface area contributed by atoms with E-state index < -0.39 is 17.6 Å². The van der Waals surface area contributed by atoms with Crippen LogP contribution < -0.4 is 5.73 Å². The van der Waals surface area contributed by atoms with E-state index in [4.69, 9.17) is 11.3 Å². The van der Waals surface area contributed by atoms with Gasteiger partial charge in [0.25, 0.3) is 0 Å². The minimum Gasteiger partial charge on any atom is -0.481 e. The molecule has 1 atom stereocenters. The van der Waals surface area contributed by atoms with Crippen LogP contribution in [0.2, 0.25) is 0 Å². The Hall–Kier alpha value is -4.39. The molecule has 0 aliphatic heterocycles. The maximum Gasteiger partial charge on any atom is 0.312 e. The van der Waals surface area contributed by atoms with E-state index in [0.717, 1.165) is 16.7 Å². The number of rotatable bonds is 8. The molecule has 0 spiro atoms. The van der Waals surface area contributed by atoms with Crippen LogP contribution in [0.3, 0.4) is 0 Å². The monoisotopic (exact) mass is 522 g/mol. The maximum atomic E-state index is 11.5. The number of nitrogens with two attached hydrogens (primary N) is 1. The van der Waals surface area contributed by atoms with E-state index in [1.807, 2.05) is 65.4 Å². The Kier molecular flexibility index (Phi) is 9.51. The third-order valence-electron chi connectivity index (χ3n) is 7.13. The van der Waals surface area contributed by atoms with Crippen molar-refractivity contribution in [3.8, 4) is 0 Å². The molecule has 1 heterocycles. The number of carbonyl (C=O) groups is 1. The summed E-state index contributed by atoms with van der Waals surface area (Å²) in [6.07, 6.45) is 10.2. The van der Waals surface area contributed by atoms with Gasteiger partial charge in [-0.1, -0.05) is 115 Å². The second-order valence-corrected chi connectivity index (χ2v) is 9.74. The molecule has 8 heteroatoms. The Morgan fingerprint density at radius 1 is 0.949 bits per heavy atom. The summed E-state index contributed by atoms with van der Waals surface area (Å²) in [5.41, 5.74) is 17.2. The van der Waals surface area contributed by atoms with Crippen LogP contribution in [0.25, 0.3) is 10.4 Å². The molecule has 5 rings (SSSR count). The molecule has 4 aromatic rings. The zero-order chi connectivity index (χ0) is 27.5. The average molecular weight is 523 g/mol. The molecule has 1 aromatic heterocycles. The van der Waals surface area contributed by atoms with Crippen LogP contribution in [0.4, 0.5) is 0 Å². The summed E-state index contributed by atoms with van der Waals surface area (Å²) in [6, 6.07) is 29.6. The number of benzene rings is 3. The molecule has 1 aliphatic carbocycles. The SMILES string of the molecule is NC1CCCCC1.[N-]=[N+]=N[C@@H](Cc1cn(C(c2ccccc2)(c2ccccc2)c2ccccc2)cn1)C(=O)O. The molecule has 0 bridgehead atoms. The molecule has 200 valence electrons. The molecule has 39 heavy (non-hydrogen) atoms. The molecule has 1 saturated carbocycles. The van der Waals surface area contributed by atoms with Crippen molar-refractivity contribution in [1.82, 2.24) is 9.55 Å². The standard InChI is InChI=1S/C25H21N5O2.C6H13N/c26-29-28-23(24(31)32)16-22-17-30(18-27-22)25(19-10-4-1-5-11-19,20-12-6-2-7-13-20)21-14-8-3-9-15-21;7-6-4-2-1-3-5-6/h1-15,17-18,23H,16H2,(H,31,32);6H,1-5,7H2/t23-;/m0./s1. The Morgan fingerprint density at radius 3 is 1.82 bits per heavy atom. The van der Waals surface area contributed by atoms with Gasteiger partial charge in [-0.3, -0.25) is 4.79 Å². The Bertz CT molecular complexity index is 1260. The van der Waals surface area contributed by atoms with Crippen LogP contribution in [0.5, 0.6) is 0 Å². The van der Waals surface area contributed by atoms with Crippen molar-refractivity contribution >= 4 is 5.97 Å². The van der Waals surface area contributed by atoms with Crippen LogP contribution in [-0.4, -0.2) is 32.7 Å². The lowest BCUT2D eigenvalue weighted by molar-refractivity contribution is -0.138. The van der Waals surface area contributed by atoms with Gasteiger partial charge in [0.2, 0.25) is 0 Å². The minimum absolute atomic E-state index is 0.000836. The van der Waals surface area contributed by atoms with Crippen LogP contribution in [0, 0.1) is 0 Å². The highest BCUT2D eigenvalue weighted by molar-refractivity contribution is 5.74. The van der Waals surface area contributed by atoms with E-state index >= 15 is 0 Å². The molecule has 1 fully saturated rings. The van der Waals surface area contributed by atoms with Crippen LogP contribution in [-0.2, 0) is 16.8 Å². The molecule has 8 nitrogen and oxygen atoms in total. The lowest BCUT2D eigenvalue weighted by atomic mass is 9.77. The highest BCUT2D eigenvalue weighted by atomic mass is 16.4. The van der Waals surface area contributed by atoms with Crippen molar-refractivity contribution in [3.63, 3.8) is 0 Å². The van der Waals surface area contributed by atoms with Gasteiger partial charge in [-0.05, 0) is 35.1 Å². The molecular formula is C31H34N6O2. The summed E-state index contributed by atoms with van der Waals surface area (Å²) in [7, 11) is 0. The van der Waals surface area contributed by atoms with Gasteiger partial charge >= 0.3 is 5.97 Å². The van der Waals surface area contributed by atoms with Crippen molar-refractivity contribution in [2.75, 3.05) is 0 Å². The Labute approximate surface area is 228 Å². The smallest absolute Gasteiger partial charge is 0.312 e. The largest absolute Gasteiger partial charge is 0.481 e. The van der Waals surface area contributed by atoms with Crippen molar-refractivity contribution < 1.29 is 9.90 Å². The zero-order valence-corrected chi connectivity index (χ0v) is 21.9. The first kappa shape index (κ1) is 27.6. The second kappa shape index (κ2) is 13.4. The number of aromatic nitrogens is 2. The third-order valence-corrected chi connectivity index (χ3v) is 7.13. The van der Waals surface area contributed by atoms with Crippen molar-refractivity contribution in [2.24, 2.45) is 10.8 Å². The summed E-state index contributed by atoms with van der Waals surface area (Å²) in [6.45, 7) is 0. The summed E-state index contributed by atoms with van der Waals surface area (Å²) in [5, 5.41) is 12.8. The van der Waals surface area contributed by atoms with Crippen LogP contribution in [0.15, 0.2) is 109 Å². The van der Waals surface area contributed by atoms with E-state index in [9.17, 15) is 9.90 Å². The van der Waals surface area contributed by atoms with E-state index in [0.29, 0.717) is 11.7 Å². The van der Waals surface area contributed by atoms with E-state index in [-0.39, 0.29) is 6.42 Å². The minimum atomic E-state index is -1.22. The summed E-state index contributed by atoms with van der Waals surface area (Å²) in [5.74, 6) is -1.18. The van der Waals surface area contributed by atoms with Gasteiger partial charge in [0, 0.05) is 23.6 Å². The normalized spacial score (nSPS) is 14.4. The predicted octanol–water partition coefficient (Wildman–Crippen LogP) is 6.31. The second-order valence-electron chi connectivity index (χ2n) is 9.74. The van der Waals surface area contributed by atoms with Gasteiger partial charge in [-0.25, -0.2) is 4.98 Å². The third kappa shape index (κ3) is 6.55. The van der Waals surface area contributed by atoms with Crippen molar-refractivity contribution in [1.29, 1.82) is 0 Å². The molecule has 3 aromatic carbocycles. The van der Waals surface area contributed by atoms with E-state index in [1.165, 1.54) is 32.1 Å². The fraction of sp³-hybridized carbons (Fsp3) is 0.290. The number of aliphatic carboxylic acids is 1. The van der Waals surface area contributed by atoms with Gasteiger partial charge in [0.1, 0.15) is 11.6 Å². The molecule has 0 saturated heterocycles. The van der Waals surface area contributed by atoms with E-state index in [1.54, 1.807) is 6.33 Å². The first-order valence-corrected chi connectivity index (χ1v) is 13.3. The number of carboxylic acid groups (broad SMARTS) is 1. The summed E-state index contributed by atoms with van der Waals surface area (Å²) >= 11 is 0. The average Bonchev–Trinajstić information content (AvgIpc) is 3.44. The number of nitrogens with zero attached hydrogens (tertiary/aromatic N) is 5. The predicted molar refractivity (Wildman–Crippen MR) is 152 cm³/mol. The van der Waals surface area contributed by atoms with Crippen LogP contribution >= 0.6 is 0 Å². The Balaban J connectivity index is 0.000000438. The lowest BCUT2D eigenvalue weighted by Gasteiger charge is -2.37. The van der Waals surface area contributed by atoms with E-state index in [2.05, 4.69) is 51.4 Å². The Morgan fingerprint density at radius 2 is 1.44 bits per heavy atom. The number of azide groups is 1. The zero-order valence-electron chi connectivity index (χ0n) is 21.9. The lowest BCUT2D eigenvalue weighted by Crippen LogP contribution is -2.37. The molecule has 1 aliphatic rings. The topological polar surface area (TPSA) is 130 Å². The van der Waals surface area contributed by atoms with Crippen molar-refractivity contribution in [2.45, 2.75) is 56.1 Å².